The Bertz CT molecular complexity index is 1760. The first-order valence-corrected chi connectivity index (χ1v) is 16.2. The minimum absolute atomic E-state index is 0.0585. The van der Waals surface area contributed by atoms with Crippen molar-refractivity contribution < 1.29 is 27.9 Å². The van der Waals surface area contributed by atoms with E-state index in [0.29, 0.717) is 11.3 Å². The quantitative estimate of drug-likeness (QED) is 0.293. The highest BCUT2D eigenvalue weighted by molar-refractivity contribution is 7.89. The summed E-state index contributed by atoms with van der Waals surface area (Å²) in [5.74, 6) is -2.57. The number of pyridine rings is 1. The normalized spacial score (nSPS) is 19.2. The molecule has 0 bridgehead atoms. The SMILES string of the molecule is N#Cc1cccc(S(=O)(=O)N2C[C@H](N3CCC3)C[C@H]2C(=O)N[C@H](Cc2ccc(NC(=O)c3c(Cl)cncc3Cl)cc2)C(=O)O)c1. The predicted molar refractivity (Wildman–Crippen MR) is 165 cm³/mol. The van der Waals surface area contributed by atoms with E-state index in [1.54, 1.807) is 24.3 Å². The number of hydrogen-bond acceptors (Lipinski definition) is 8. The van der Waals surface area contributed by atoms with Gasteiger partial charge in [0.05, 0.1) is 32.1 Å². The number of carboxylic acid groups (broad SMARTS) is 1. The van der Waals surface area contributed by atoms with Gasteiger partial charge in [0.1, 0.15) is 12.1 Å². The second-order valence-electron chi connectivity index (χ2n) is 10.7. The van der Waals surface area contributed by atoms with Gasteiger partial charge in [-0.25, -0.2) is 13.2 Å². The number of carbonyl (C=O) groups is 3. The molecule has 2 aliphatic rings. The molecule has 5 rings (SSSR count). The smallest absolute Gasteiger partial charge is 0.326 e. The van der Waals surface area contributed by atoms with Gasteiger partial charge in [0.2, 0.25) is 15.9 Å². The monoisotopic (exact) mass is 670 g/mol. The molecule has 0 spiro atoms. The van der Waals surface area contributed by atoms with Crippen LogP contribution in [0.4, 0.5) is 5.69 Å². The van der Waals surface area contributed by atoms with Crippen molar-refractivity contribution in [2.24, 2.45) is 0 Å². The van der Waals surface area contributed by atoms with Crippen LogP contribution >= 0.6 is 23.2 Å². The summed E-state index contributed by atoms with van der Waals surface area (Å²) in [5.41, 5.74) is 1.16. The number of halogens is 2. The lowest BCUT2D eigenvalue weighted by Gasteiger charge is -2.36. The summed E-state index contributed by atoms with van der Waals surface area (Å²) in [4.78, 5) is 44.3. The third kappa shape index (κ3) is 7.11. The number of hydrogen-bond donors (Lipinski definition) is 3. The van der Waals surface area contributed by atoms with Crippen molar-refractivity contribution in [3.05, 3.63) is 87.7 Å². The Morgan fingerprint density at radius 1 is 1.09 bits per heavy atom. The molecule has 0 saturated carbocycles. The topological polar surface area (TPSA) is 173 Å². The highest BCUT2D eigenvalue weighted by Gasteiger charge is 2.47. The van der Waals surface area contributed by atoms with Gasteiger partial charge in [-0.3, -0.25) is 19.5 Å². The Balaban J connectivity index is 1.30. The third-order valence-electron chi connectivity index (χ3n) is 7.86. The lowest BCUT2D eigenvalue weighted by molar-refractivity contribution is -0.142. The molecule has 3 heterocycles. The Labute approximate surface area is 269 Å². The fourth-order valence-corrected chi connectivity index (χ4v) is 7.59. The Hall–Kier alpha value is -4.06. The zero-order valence-electron chi connectivity index (χ0n) is 23.7. The van der Waals surface area contributed by atoms with Crippen LogP contribution in [0.3, 0.4) is 0 Å². The van der Waals surface area contributed by atoms with E-state index >= 15 is 0 Å². The van der Waals surface area contributed by atoms with Gasteiger partial charge < -0.3 is 15.7 Å². The molecule has 12 nitrogen and oxygen atoms in total. The number of anilines is 1. The van der Waals surface area contributed by atoms with Crippen LogP contribution in [-0.2, 0) is 26.0 Å². The first-order chi connectivity index (χ1) is 21.5. The molecule has 1 aromatic heterocycles. The summed E-state index contributed by atoms with van der Waals surface area (Å²) >= 11 is 12.1. The molecule has 0 aliphatic carbocycles. The van der Waals surface area contributed by atoms with Crippen molar-refractivity contribution in [1.82, 2.24) is 19.5 Å². The van der Waals surface area contributed by atoms with Crippen LogP contribution in [0.25, 0.3) is 0 Å². The third-order valence-corrected chi connectivity index (χ3v) is 10.3. The molecule has 2 fully saturated rings. The Kier molecular flexibility index (Phi) is 9.71. The van der Waals surface area contributed by atoms with Crippen molar-refractivity contribution in [2.45, 2.75) is 42.3 Å². The Morgan fingerprint density at radius 2 is 1.78 bits per heavy atom. The number of amides is 2. The fourth-order valence-electron chi connectivity index (χ4n) is 5.37. The number of nitrogens with zero attached hydrogens (tertiary/aromatic N) is 4. The van der Waals surface area contributed by atoms with Crippen molar-refractivity contribution in [2.75, 3.05) is 25.0 Å². The molecule has 2 amide bonds. The predicted octanol–water partition coefficient (Wildman–Crippen LogP) is 3.16. The number of benzene rings is 2. The minimum atomic E-state index is -4.18. The number of sulfonamides is 1. The lowest BCUT2D eigenvalue weighted by Crippen LogP contribution is -2.51. The largest absolute Gasteiger partial charge is 0.480 e. The van der Waals surface area contributed by atoms with E-state index in [1.165, 1.54) is 36.7 Å². The van der Waals surface area contributed by atoms with Crippen LogP contribution < -0.4 is 10.6 Å². The van der Waals surface area contributed by atoms with Gasteiger partial charge in [0.25, 0.3) is 5.91 Å². The maximum Gasteiger partial charge on any atom is 0.326 e. The molecule has 3 atom stereocenters. The van der Waals surface area contributed by atoms with E-state index in [1.807, 2.05) is 6.07 Å². The first kappa shape index (κ1) is 32.3. The van der Waals surface area contributed by atoms with Gasteiger partial charge in [-0.05, 0) is 61.8 Å². The zero-order chi connectivity index (χ0) is 32.3. The number of aromatic nitrogens is 1. The van der Waals surface area contributed by atoms with Gasteiger partial charge in [-0.15, -0.1) is 0 Å². The average molecular weight is 672 g/mol. The van der Waals surface area contributed by atoms with Crippen LogP contribution in [0.2, 0.25) is 10.0 Å². The molecule has 15 heteroatoms. The maximum absolute atomic E-state index is 13.7. The van der Waals surface area contributed by atoms with Crippen LogP contribution in [0, 0.1) is 11.3 Å². The molecule has 234 valence electrons. The van der Waals surface area contributed by atoms with E-state index in [4.69, 9.17) is 23.2 Å². The molecular weight excluding hydrogens is 643 g/mol. The summed E-state index contributed by atoms with van der Waals surface area (Å²) < 4.78 is 28.5. The summed E-state index contributed by atoms with van der Waals surface area (Å²) in [5, 5.41) is 24.6. The summed E-state index contributed by atoms with van der Waals surface area (Å²) in [7, 11) is -4.18. The molecule has 0 unspecified atom stereocenters. The summed E-state index contributed by atoms with van der Waals surface area (Å²) in [6.45, 7) is 1.64. The second kappa shape index (κ2) is 13.5. The van der Waals surface area contributed by atoms with Gasteiger partial charge in [0, 0.05) is 37.1 Å². The number of carboxylic acids is 1. The Morgan fingerprint density at radius 3 is 2.38 bits per heavy atom. The number of nitrogens with one attached hydrogen (secondary N) is 2. The van der Waals surface area contributed by atoms with E-state index in [-0.39, 0.29) is 51.5 Å². The van der Waals surface area contributed by atoms with Crippen LogP contribution in [0.1, 0.15) is 34.3 Å². The minimum Gasteiger partial charge on any atom is -0.480 e. The van der Waals surface area contributed by atoms with Crippen molar-refractivity contribution in [1.29, 1.82) is 5.26 Å². The maximum atomic E-state index is 13.7. The van der Waals surface area contributed by atoms with Crippen LogP contribution in [-0.4, -0.2) is 83.3 Å². The summed E-state index contributed by atoms with van der Waals surface area (Å²) in [6, 6.07) is 11.1. The molecular formula is C30H28Cl2N6O6S. The van der Waals surface area contributed by atoms with Gasteiger partial charge in [0.15, 0.2) is 0 Å². The number of rotatable bonds is 10. The average Bonchev–Trinajstić information content (AvgIpc) is 3.42. The van der Waals surface area contributed by atoms with Gasteiger partial charge in [-0.2, -0.15) is 9.57 Å². The van der Waals surface area contributed by atoms with E-state index in [9.17, 15) is 33.2 Å². The molecule has 3 aromatic rings. The first-order valence-electron chi connectivity index (χ1n) is 14.0. The van der Waals surface area contributed by atoms with Crippen molar-refractivity contribution >= 4 is 56.7 Å². The molecule has 2 aliphatic heterocycles. The van der Waals surface area contributed by atoms with Crippen LogP contribution in [0.5, 0.6) is 0 Å². The molecule has 2 aromatic carbocycles. The molecule has 2 saturated heterocycles. The summed E-state index contributed by atoms with van der Waals surface area (Å²) in [6.07, 6.45) is 3.66. The van der Waals surface area contributed by atoms with Crippen molar-refractivity contribution in [3.8, 4) is 6.07 Å². The number of aliphatic carboxylic acids is 1. The molecule has 0 radical (unpaired) electrons. The van der Waals surface area contributed by atoms with Crippen LogP contribution in [0.15, 0.2) is 65.8 Å². The lowest BCUT2D eigenvalue weighted by atomic mass is 10.0. The number of carbonyl (C=O) groups excluding carboxylic acids is 2. The molecule has 3 N–H and O–H groups in total. The van der Waals surface area contributed by atoms with Gasteiger partial charge in [-0.1, -0.05) is 41.4 Å². The highest BCUT2D eigenvalue weighted by Crippen LogP contribution is 2.31. The van der Waals surface area contributed by atoms with E-state index < -0.39 is 39.9 Å². The van der Waals surface area contributed by atoms with Gasteiger partial charge >= 0.3 is 5.97 Å². The second-order valence-corrected chi connectivity index (χ2v) is 13.4. The number of nitriles is 1. The van der Waals surface area contributed by atoms with Crippen molar-refractivity contribution in [3.63, 3.8) is 0 Å². The molecule has 45 heavy (non-hydrogen) atoms. The highest BCUT2D eigenvalue weighted by atomic mass is 35.5. The number of likely N-dealkylation sites (tertiary alicyclic amines) is 1. The van der Waals surface area contributed by atoms with E-state index in [0.717, 1.165) is 23.8 Å². The fraction of sp³-hybridized carbons (Fsp3) is 0.300. The zero-order valence-corrected chi connectivity index (χ0v) is 26.0. The van der Waals surface area contributed by atoms with E-state index in [2.05, 4.69) is 20.5 Å². The standard InChI is InChI=1S/C30H28Cl2N6O6S/c31-23-15-34-16-24(32)27(23)29(40)35-20-7-5-18(6-8-20)12-25(30(41)42)36-28(39)26-13-21(37-9-2-10-37)17-38(26)45(43,44)22-4-1-3-19(11-22)14-33/h1,3-8,11,15-16,21,25-26H,2,9-10,12-13,17H2,(H,35,40)(H,36,39)(H,41,42)/t21-,25-,26+/m1/s1.